The highest BCUT2D eigenvalue weighted by molar-refractivity contribution is 9.10. The maximum Gasteiger partial charge on any atom is 0.338 e. The number of sulfonamides is 1. The summed E-state index contributed by atoms with van der Waals surface area (Å²) in [5.41, 5.74) is 1.15. The summed E-state index contributed by atoms with van der Waals surface area (Å²) in [6, 6.07) is 13.3. The molecule has 0 amide bonds. The predicted molar refractivity (Wildman–Crippen MR) is 108 cm³/mol. The van der Waals surface area contributed by atoms with Crippen molar-refractivity contribution in [1.82, 2.24) is 4.31 Å². The number of morpholine rings is 1. The number of carbonyl (C=O) groups excluding carboxylic acids is 1. The lowest BCUT2D eigenvalue weighted by atomic mass is 10.2. The standard InChI is InChI=1S/C20H22BrNO5S/c1-14-11-22(12-15(2)27-14)28(24,25)18-9-7-16(8-10-18)20(23)26-13-17-5-3-4-6-19(17)21/h3-10,14-15H,11-13H2,1-2H3. The number of hydrogen-bond donors (Lipinski definition) is 0. The number of hydrogen-bond acceptors (Lipinski definition) is 5. The summed E-state index contributed by atoms with van der Waals surface area (Å²) in [6.07, 6.45) is -0.324. The van der Waals surface area contributed by atoms with E-state index in [1.54, 1.807) is 0 Å². The van der Waals surface area contributed by atoms with E-state index in [2.05, 4.69) is 15.9 Å². The van der Waals surface area contributed by atoms with Crippen molar-refractivity contribution in [2.24, 2.45) is 0 Å². The van der Waals surface area contributed by atoms with E-state index in [0.29, 0.717) is 18.7 Å². The number of esters is 1. The molecule has 0 saturated carbocycles. The highest BCUT2D eigenvalue weighted by atomic mass is 79.9. The van der Waals surface area contributed by atoms with Crippen LogP contribution in [0.4, 0.5) is 0 Å². The minimum absolute atomic E-state index is 0.129. The van der Waals surface area contributed by atoms with E-state index in [9.17, 15) is 13.2 Å². The molecule has 1 aliphatic rings. The largest absolute Gasteiger partial charge is 0.457 e. The quantitative estimate of drug-likeness (QED) is 0.627. The molecule has 0 N–H and O–H groups in total. The second-order valence-electron chi connectivity index (χ2n) is 6.77. The van der Waals surface area contributed by atoms with Crippen LogP contribution in [0, 0.1) is 0 Å². The Morgan fingerprint density at radius 1 is 1.11 bits per heavy atom. The van der Waals surface area contributed by atoms with Crippen molar-refractivity contribution in [3.05, 3.63) is 64.1 Å². The van der Waals surface area contributed by atoms with Crippen LogP contribution >= 0.6 is 15.9 Å². The Balaban J connectivity index is 1.68. The molecule has 0 radical (unpaired) electrons. The van der Waals surface area contributed by atoms with Crippen LogP contribution in [0.3, 0.4) is 0 Å². The summed E-state index contributed by atoms with van der Waals surface area (Å²) in [6.45, 7) is 4.44. The average Bonchev–Trinajstić information content (AvgIpc) is 2.66. The third kappa shape index (κ3) is 4.81. The monoisotopic (exact) mass is 467 g/mol. The lowest BCUT2D eigenvalue weighted by Gasteiger charge is -2.34. The van der Waals surface area contributed by atoms with Crippen molar-refractivity contribution in [3.63, 3.8) is 0 Å². The van der Waals surface area contributed by atoms with Crippen molar-refractivity contribution in [3.8, 4) is 0 Å². The Hall–Kier alpha value is -1.74. The topological polar surface area (TPSA) is 72.9 Å². The molecule has 0 bridgehead atoms. The molecule has 8 heteroatoms. The number of rotatable bonds is 5. The Morgan fingerprint density at radius 2 is 1.71 bits per heavy atom. The SMILES string of the molecule is CC1CN(S(=O)(=O)c2ccc(C(=O)OCc3ccccc3Br)cc2)CC(C)O1. The van der Waals surface area contributed by atoms with Gasteiger partial charge in [-0.3, -0.25) is 0 Å². The summed E-state index contributed by atoms with van der Waals surface area (Å²) in [5.74, 6) is -0.506. The zero-order chi connectivity index (χ0) is 20.3. The lowest BCUT2D eigenvalue weighted by molar-refractivity contribution is -0.0440. The molecule has 2 aromatic rings. The van der Waals surface area contributed by atoms with E-state index in [-0.39, 0.29) is 23.7 Å². The summed E-state index contributed by atoms with van der Waals surface area (Å²) in [4.78, 5) is 12.4. The fraction of sp³-hybridized carbons (Fsp3) is 0.350. The number of benzene rings is 2. The number of carbonyl (C=O) groups is 1. The molecule has 3 rings (SSSR count). The maximum atomic E-state index is 12.9. The number of halogens is 1. The van der Waals surface area contributed by atoms with Gasteiger partial charge >= 0.3 is 5.97 Å². The molecular formula is C20H22BrNO5S. The van der Waals surface area contributed by atoms with Crippen molar-refractivity contribution >= 4 is 31.9 Å². The van der Waals surface area contributed by atoms with Gasteiger partial charge in [0.25, 0.3) is 0 Å². The first-order valence-electron chi connectivity index (χ1n) is 8.93. The third-order valence-corrected chi connectivity index (χ3v) is 7.05. The van der Waals surface area contributed by atoms with Gasteiger partial charge in [0.1, 0.15) is 6.61 Å². The van der Waals surface area contributed by atoms with Crippen LogP contribution in [0.1, 0.15) is 29.8 Å². The number of nitrogens with zero attached hydrogens (tertiary/aromatic N) is 1. The second kappa shape index (κ2) is 8.73. The van der Waals surface area contributed by atoms with Gasteiger partial charge in [0.05, 0.1) is 22.7 Å². The van der Waals surface area contributed by atoms with Crippen LogP contribution in [-0.2, 0) is 26.1 Å². The van der Waals surface area contributed by atoms with E-state index < -0.39 is 16.0 Å². The Kier molecular flexibility index (Phi) is 6.54. The summed E-state index contributed by atoms with van der Waals surface area (Å²) in [7, 11) is -3.64. The summed E-state index contributed by atoms with van der Waals surface area (Å²) in [5, 5.41) is 0. The minimum Gasteiger partial charge on any atom is -0.457 e. The van der Waals surface area contributed by atoms with E-state index in [4.69, 9.17) is 9.47 Å². The molecule has 2 atom stereocenters. The molecule has 1 aliphatic heterocycles. The fourth-order valence-electron chi connectivity index (χ4n) is 3.08. The van der Waals surface area contributed by atoms with Crippen LogP contribution in [0.25, 0.3) is 0 Å². The average molecular weight is 468 g/mol. The first-order chi connectivity index (χ1) is 13.3. The summed E-state index contributed by atoms with van der Waals surface area (Å²) < 4.78 is 38.9. The van der Waals surface area contributed by atoms with Gasteiger partial charge in [0, 0.05) is 23.1 Å². The second-order valence-corrected chi connectivity index (χ2v) is 9.56. The molecule has 1 heterocycles. The van der Waals surface area contributed by atoms with Crippen molar-refractivity contribution in [2.45, 2.75) is 37.6 Å². The molecule has 2 unspecified atom stereocenters. The molecular weight excluding hydrogens is 446 g/mol. The van der Waals surface area contributed by atoms with Gasteiger partial charge in [-0.1, -0.05) is 34.1 Å². The molecule has 28 heavy (non-hydrogen) atoms. The van der Waals surface area contributed by atoms with E-state index in [0.717, 1.165) is 10.0 Å². The minimum atomic E-state index is -3.64. The Labute approximate surface area is 173 Å². The Morgan fingerprint density at radius 3 is 2.32 bits per heavy atom. The predicted octanol–water partition coefficient (Wildman–Crippen LogP) is 3.60. The normalized spacial score (nSPS) is 20.7. The highest BCUT2D eigenvalue weighted by Gasteiger charge is 2.32. The highest BCUT2D eigenvalue weighted by Crippen LogP contribution is 2.22. The molecule has 1 fully saturated rings. The molecule has 0 aromatic heterocycles. The van der Waals surface area contributed by atoms with Gasteiger partial charge in [-0.25, -0.2) is 13.2 Å². The first kappa shape index (κ1) is 21.0. The van der Waals surface area contributed by atoms with E-state index >= 15 is 0 Å². The van der Waals surface area contributed by atoms with Gasteiger partial charge < -0.3 is 9.47 Å². The van der Waals surface area contributed by atoms with E-state index in [1.807, 2.05) is 38.1 Å². The summed E-state index contributed by atoms with van der Waals surface area (Å²) >= 11 is 3.41. The smallest absolute Gasteiger partial charge is 0.338 e. The van der Waals surface area contributed by atoms with Crippen LogP contribution in [-0.4, -0.2) is 44.0 Å². The van der Waals surface area contributed by atoms with Gasteiger partial charge in [-0.05, 0) is 44.2 Å². The van der Waals surface area contributed by atoms with Crippen molar-refractivity contribution in [1.29, 1.82) is 0 Å². The third-order valence-electron chi connectivity index (χ3n) is 4.43. The zero-order valence-electron chi connectivity index (χ0n) is 15.7. The van der Waals surface area contributed by atoms with Crippen molar-refractivity contribution < 1.29 is 22.7 Å². The Bertz CT molecular complexity index is 935. The van der Waals surface area contributed by atoms with Gasteiger partial charge in [0.15, 0.2) is 0 Å². The lowest BCUT2D eigenvalue weighted by Crippen LogP contribution is -2.48. The fourth-order valence-corrected chi connectivity index (χ4v) is 5.07. The molecule has 1 saturated heterocycles. The maximum absolute atomic E-state index is 12.9. The molecule has 6 nitrogen and oxygen atoms in total. The van der Waals surface area contributed by atoms with Gasteiger partial charge in [0.2, 0.25) is 10.0 Å². The molecule has 0 spiro atoms. The zero-order valence-corrected chi connectivity index (χ0v) is 18.1. The first-order valence-corrected chi connectivity index (χ1v) is 11.2. The van der Waals surface area contributed by atoms with Gasteiger partial charge in [-0.15, -0.1) is 0 Å². The van der Waals surface area contributed by atoms with Crippen molar-refractivity contribution in [2.75, 3.05) is 13.1 Å². The van der Waals surface area contributed by atoms with Crippen LogP contribution in [0.2, 0.25) is 0 Å². The molecule has 150 valence electrons. The van der Waals surface area contributed by atoms with E-state index in [1.165, 1.54) is 28.6 Å². The van der Waals surface area contributed by atoms with Crippen LogP contribution < -0.4 is 0 Å². The molecule has 2 aromatic carbocycles. The van der Waals surface area contributed by atoms with Crippen LogP contribution in [0.15, 0.2) is 57.9 Å². The molecule has 0 aliphatic carbocycles. The van der Waals surface area contributed by atoms with Crippen LogP contribution in [0.5, 0.6) is 0 Å². The van der Waals surface area contributed by atoms with Gasteiger partial charge in [-0.2, -0.15) is 4.31 Å². The number of ether oxygens (including phenoxy) is 2.